The fourth-order valence-corrected chi connectivity index (χ4v) is 1.90. The van der Waals surface area contributed by atoms with Crippen molar-refractivity contribution in [2.75, 3.05) is 12.4 Å². The van der Waals surface area contributed by atoms with Crippen molar-refractivity contribution in [2.24, 2.45) is 0 Å². The highest BCUT2D eigenvalue weighted by molar-refractivity contribution is 5.77. The van der Waals surface area contributed by atoms with Crippen molar-refractivity contribution in [3.8, 4) is 17.2 Å². The SMILES string of the molecule is COc1ccc2c(c1)Nc1ccc([N+](=O)[O-])cc1O2. The molecular weight excluding hydrogens is 248 g/mol. The quantitative estimate of drug-likeness (QED) is 0.563. The minimum absolute atomic E-state index is 0.00230. The van der Waals surface area contributed by atoms with Crippen LogP contribution in [0.15, 0.2) is 36.4 Å². The monoisotopic (exact) mass is 258 g/mol. The average Bonchev–Trinajstić information content (AvgIpc) is 2.43. The molecule has 0 bridgehead atoms. The summed E-state index contributed by atoms with van der Waals surface area (Å²) in [6, 6.07) is 9.78. The zero-order valence-corrected chi connectivity index (χ0v) is 10.0. The Kier molecular flexibility index (Phi) is 2.49. The van der Waals surface area contributed by atoms with Gasteiger partial charge in [-0.2, -0.15) is 0 Å². The highest BCUT2D eigenvalue weighted by Crippen LogP contribution is 2.44. The van der Waals surface area contributed by atoms with Gasteiger partial charge in [0.2, 0.25) is 0 Å². The van der Waals surface area contributed by atoms with Crippen LogP contribution in [0.25, 0.3) is 0 Å². The van der Waals surface area contributed by atoms with E-state index >= 15 is 0 Å². The Hall–Kier alpha value is -2.76. The van der Waals surface area contributed by atoms with Gasteiger partial charge in [-0.15, -0.1) is 0 Å². The summed E-state index contributed by atoms with van der Waals surface area (Å²) in [5, 5.41) is 13.9. The Bertz CT molecular complexity index is 670. The minimum atomic E-state index is -0.451. The van der Waals surface area contributed by atoms with Crippen LogP contribution < -0.4 is 14.8 Å². The molecule has 1 aliphatic heterocycles. The maximum Gasteiger partial charge on any atom is 0.273 e. The molecule has 0 unspecified atom stereocenters. The molecule has 0 amide bonds. The fraction of sp³-hybridized carbons (Fsp3) is 0.0769. The third-order valence-electron chi connectivity index (χ3n) is 2.85. The summed E-state index contributed by atoms with van der Waals surface area (Å²) in [4.78, 5) is 10.3. The number of fused-ring (bicyclic) bond motifs is 2. The van der Waals surface area contributed by atoms with E-state index in [0.717, 1.165) is 5.69 Å². The lowest BCUT2D eigenvalue weighted by Gasteiger charge is -2.21. The minimum Gasteiger partial charge on any atom is -0.497 e. The molecule has 19 heavy (non-hydrogen) atoms. The lowest BCUT2D eigenvalue weighted by atomic mass is 10.2. The van der Waals surface area contributed by atoms with Crippen molar-refractivity contribution in [3.63, 3.8) is 0 Å². The van der Waals surface area contributed by atoms with E-state index in [0.29, 0.717) is 22.9 Å². The molecule has 1 N–H and O–H groups in total. The van der Waals surface area contributed by atoms with E-state index in [2.05, 4.69) is 5.32 Å². The molecule has 96 valence electrons. The molecule has 1 aliphatic rings. The van der Waals surface area contributed by atoms with Gasteiger partial charge in [-0.1, -0.05) is 0 Å². The number of hydrogen-bond donors (Lipinski definition) is 1. The van der Waals surface area contributed by atoms with Crippen LogP contribution in [0.1, 0.15) is 0 Å². The van der Waals surface area contributed by atoms with Crippen LogP contribution in [-0.4, -0.2) is 12.0 Å². The summed E-state index contributed by atoms with van der Waals surface area (Å²) >= 11 is 0. The highest BCUT2D eigenvalue weighted by atomic mass is 16.6. The molecule has 2 aromatic rings. The number of rotatable bonds is 2. The Balaban J connectivity index is 2.01. The maximum absolute atomic E-state index is 10.7. The van der Waals surface area contributed by atoms with Gasteiger partial charge in [-0.05, 0) is 18.2 Å². The van der Waals surface area contributed by atoms with E-state index in [-0.39, 0.29) is 5.69 Å². The number of methoxy groups -OCH3 is 1. The lowest BCUT2D eigenvalue weighted by molar-refractivity contribution is -0.384. The van der Waals surface area contributed by atoms with Gasteiger partial charge in [0.15, 0.2) is 11.5 Å². The Morgan fingerprint density at radius 3 is 2.74 bits per heavy atom. The number of anilines is 2. The topological polar surface area (TPSA) is 73.6 Å². The van der Waals surface area contributed by atoms with Crippen molar-refractivity contribution >= 4 is 17.1 Å². The van der Waals surface area contributed by atoms with Gasteiger partial charge in [0, 0.05) is 12.1 Å². The molecule has 0 aromatic heterocycles. The molecule has 0 radical (unpaired) electrons. The fourth-order valence-electron chi connectivity index (χ4n) is 1.90. The second-order valence-electron chi connectivity index (χ2n) is 4.03. The van der Waals surface area contributed by atoms with Gasteiger partial charge < -0.3 is 14.8 Å². The Labute approximate surface area is 108 Å². The largest absolute Gasteiger partial charge is 0.497 e. The Morgan fingerprint density at radius 1 is 1.16 bits per heavy atom. The maximum atomic E-state index is 10.7. The van der Waals surface area contributed by atoms with Crippen LogP contribution in [0.3, 0.4) is 0 Å². The predicted molar refractivity (Wildman–Crippen MR) is 69.4 cm³/mol. The lowest BCUT2D eigenvalue weighted by Crippen LogP contribution is -2.03. The van der Waals surface area contributed by atoms with E-state index < -0.39 is 4.92 Å². The first-order chi connectivity index (χ1) is 9.17. The first-order valence-electron chi connectivity index (χ1n) is 5.59. The third kappa shape index (κ3) is 1.93. The van der Waals surface area contributed by atoms with Gasteiger partial charge in [0.25, 0.3) is 5.69 Å². The van der Waals surface area contributed by atoms with Gasteiger partial charge in [-0.3, -0.25) is 10.1 Å². The predicted octanol–water partition coefficient (Wildman–Crippen LogP) is 3.45. The number of nitrogens with zero attached hydrogens (tertiary/aromatic N) is 1. The standard InChI is InChI=1S/C13H10N2O4/c1-18-9-3-5-12-11(7-9)14-10-4-2-8(15(16)17)6-13(10)19-12/h2-7,14H,1H3. The number of nitro benzene ring substituents is 1. The van der Waals surface area contributed by atoms with Crippen LogP contribution in [-0.2, 0) is 0 Å². The summed E-state index contributed by atoms with van der Waals surface area (Å²) in [6.45, 7) is 0. The zero-order chi connectivity index (χ0) is 13.4. The smallest absolute Gasteiger partial charge is 0.273 e. The summed E-state index contributed by atoms with van der Waals surface area (Å²) in [6.07, 6.45) is 0. The number of nitrogens with one attached hydrogen (secondary N) is 1. The summed E-state index contributed by atoms with van der Waals surface area (Å²) in [5.74, 6) is 1.75. The highest BCUT2D eigenvalue weighted by Gasteiger charge is 2.19. The molecule has 1 heterocycles. The van der Waals surface area contributed by atoms with Crippen molar-refractivity contribution in [1.82, 2.24) is 0 Å². The van der Waals surface area contributed by atoms with Crippen LogP contribution in [0.4, 0.5) is 17.1 Å². The second kappa shape index (κ2) is 4.16. The molecule has 0 fully saturated rings. The van der Waals surface area contributed by atoms with Crippen molar-refractivity contribution < 1.29 is 14.4 Å². The van der Waals surface area contributed by atoms with Gasteiger partial charge in [0.1, 0.15) is 5.75 Å². The van der Waals surface area contributed by atoms with Crippen molar-refractivity contribution in [3.05, 3.63) is 46.5 Å². The summed E-state index contributed by atoms with van der Waals surface area (Å²) < 4.78 is 10.8. The molecular formula is C13H10N2O4. The first-order valence-corrected chi connectivity index (χ1v) is 5.59. The van der Waals surface area contributed by atoms with E-state index in [9.17, 15) is 10.1 Å². The molecule has 0 atom stereocenters. The molecule has 0 spiro atoms. The van der Waals surface area contributed by atoms with Crippen molar-refractivity contribution in [1.29, 1.82) is 0 Å². The normalized spacial score (nSPS) is 11.6. The van der Waals surface area contributed by atoms with E-state index in [1.54, 1.807) is 31.4 Å². The number of benzene rings is 2. The van der Waals surface area contributed by atoms with E-state index in [4.69, 9.17) is 9.47 Å². The van der Waals surface area contributed by atoms with Crippen molar-refractivity contribution in [2.45, 2.75) is 0 Å². The summed E-state index contributed by atoms with van der Waals surface area (Å²) in [5.41, 5.74) is 1.45. The van der Waals surface area contributed by atoms with Crippen LogP contribution >= 0.6 is 0 Å². The molecule has 0 saturated carbocycles. The summed E-state index contributed by atoms with van der Waals surface area (Å²) in [7, 11) is 1.59. The zero-order valence-electron chi connectivity index (χ0n) is 10.0. The third-order valence-corrected chi connectivity index (χ3v) is 2.85. The molecule has 0 saturated heterocycles. The molecule has 2 aromatic carbocycles. The average molecular weight is 258 g/mol. The van der Waals surface area contributed by atoms with E-state index in [1.165, 1.54) is 12.1 Å². The first kappa shape index (κ1) is 11.3. The van der Waals surface area contributed by atoms with Gasteiger partial charge >= 0.3 is 0 Å². The van der Waals surface area contributed by atoms with Gasteiger partial charge in [0.05, 0.1) is 29.5 Å². The van der Waals surface area contributed by atoms with E-state index in [1.807, 2.05) is 0 Å². The second-order valence-corrected chi connectivity index (χ2v) is 4.03. The molecule has 6 heteroatoms. The van der Waals surface area contributed by atoms with Crippen LogP contribution in [0.2, 0.25) is 0 Å². The molecule has 3 rings (SSSR count). The number of hydrogen-bond acceptors (Lipinski definition) is 5. The number of ether oxygens (including phenoxy) is 2. The molecule has 0 aliphatic carbocycles. The van der Waals surface area contributed by atoms with Gasteiger partial charge in [-0.25, -0.2) is 0 Å². The number of non-ortho nitro benzene ring substituents is 1. The van der Waals surface area contributed by atoms with Crippen LogP contribution in [0, 0.1) is 10.1 Å². The molecule has 6 nitrogen and oxygen atoms in total. The van der Waals surface area contributed by atoms with Crippen LogP contribution in [0.5, 0.6) is 17.2 Å². The Morgan fingerprint density at radius 2 is 2.00 bits per heavy atom. The number of nitro groups is 1.